The molecular weight excluding hydrogens is 468 g/mol. The Bertz CT molecular complexity index is 1020. The Kier molecular flexibility index (Phi) is 7.64. The van der Waals surface area contributed by atoms with Gasteiger partial charge in [-0.1, -0.05) is 27.7 Å². The third kappa shape index (κ3) is 5.70. The minimum absolute atomic E-state index is 0.00830. The zero-order valence-electron chi connectivity index (χ0n) is 16.6. The van der Waals surface area contributed by atoms with Gasteiger partial charge in [0.15, 0.2) is 10.9 Å². The number of carbonyl (C=O) groups is 2. The van der Waals surface area contributed by atoms with E-state index in [9.17, 15) is 9.59 Å². The van der Waals surface area contributed by atoms with Crippen molar-refractivity contribution < 1.29 is 14.3 Å². The number of thioether (sulfide) groups is 1. The summed E-state index contributed by atoms with van der Waals surface area (Å²) in [5, 5.41) is 11.9. The highest BCUT2D eigenvalue weighted by molar-refractivity contribution is 9.10. The molecule has 0 atom stereocenters. The number of nitrogens with zero attached hydrogens (tertiary/aromatic N) is 3. The zero-order chi connectivity index (χ0) is 21.5. The van der Waals surface area contributed by atoms with Crippen LogP contribution in [-0.2, 0) is 13.5 Å². The van der Waals surface area contributed by atoms with Gasteiger partial charge >= 0.3 is 0 Å². The molecule has 3 rings (SSSR count). The van der Waals surface area contributed by atoms with Crippen LogP contribution in [-0.4, -0.2) is 45.9 Å². The molecule has 1 N–H and O–H groups in total. The van der Waals surface area contributed by atoms with Crippen molar-refractivity contribution in [1.82, 2.24) is 20.1 Å². The molecule has 0 aliphatic carbocycles. The average molecular weight is 489 g/mol. The highest BCUT2D eigenvalue weighted by Crippen LogP contribution is 2.19. The highest BCUT2D eigenvalue weighted by atomic mass is 79.9. The summed E-state index contributed by atoms with van der Waals surface area (Å²) in [7, 11) is 3.44. The van der Waals surface area contributed by atoms with E-state index >= 15 is 0 Å². The number of Topliss-reactive ketones (excluding diaryl/α,β-unsaturated/α-hetero) is 1. The minimum Gasteiger partial charge on any atom is -0.497 e. The fraction of sp³-hybridized carbons (Fsp3) is 0.238. The van der Waals surface area contributed by atoms with Gasteiger partial charge in [-0.3, -0.25) is 9.59 Å². The maximum atomic E-state index is 12.4. The third-order valence-corrected chi connectivity index (χ3v) is 5.96. The second-order valence-electron chi connectivity index (χ2n) is 6.41. The first kappa shape index (κ1) is 22.0. The van der Waals surface area contributed by atoms with E-state index in [1.165, 1.54) is 11.8 Å². The van der Waals surface area contributed by atoms with Crippen LogP contribution in [0.2, 0.25) is 0 Å². The monoisotopic (exact) mass is 488 g/mol. The molecular formula is C21H21BrN4O3S. The maximum absolute atomic E-state index is 12.4. The van der Waals surface area contributed by atoms with Gasteiger partial charge in [0, 0.05) is 35.6 Å². The van der Waals surface area contributed by atoms with Crippen LogP contribution in [0.15, 0.2) is 58.2 Å². The van der Waals surface area contributed by atoms with Crippen molar-refractivity contribution >= 4 is 39.4 Å². The SMILES string of the molecule is COc1ccc(C(=O)CSc2nnc(CCNC(=O)c3ccc(Br)cc3)n2C)cc1. The number of carbonyl (C=O) groups excluding carboxylic acids is 2. The molecule has 2 aromatic carbocycles. The van der Waals surface area contributed by atoms with E-state index in [2.05, 4.69) is 31.4 Å². The fourth-order valence-electron chi connectivity index (χ4n) is 2.67. The van der Waals surface area contributed by atoms with Crippen molar-refractivity contribution in [2.45, 2.75) is 11.6 Å². The molecule has 3 aromatic rings. The van der Waals surface area contributed by atoms with Crippen molar-refractivity contribution in [3.63, 3.8) is 0 Å². The van der Waals surface area contributed by atoms with Gasteiger partial charge in [0.2, 0.25) is 0 Å². The third-order valence-electron chi connectivity index (χ3n) is 4.41. The molecule has 0 saturated carbocycles. The fourth-order valence-corrected chi connectivity index (χ4v) is 3.76. The molecule has 0 aliphatic rings. The van der Waals surface area contributed by atoms with Crippen LogP contribution in [0.3, 0.4) is 0 Å². The van der Waals surface area contributed by atoms with Crippen LogP contribution in [0.5, 0.6) is 5.75 Å². The van der Waals surface area contributed by atoms with Crippen molar-refractivity contribution in [3.05, 3.63) is 70.0 Å². The molecule has 0 unspecified atom stereocenters. The number of amides is 1. The molecule has 7 nitrogen and oxygen atoms in total. The normalized spacial score (nSPS) is 10.6. The Morgan fingerprint density at radius 2 is 1.73 bits per heavy atom. The van der Waals surface area contributed by atoms with E-state index in [4.69, 9.17) is 4.74 Å². The number of hydrogen-bond acceptors (Lipinski definition) is 6. The van der Waals surface area contributed by atoms with Gasteiger partial charge in [0.1, 0.15) is 11.6 Å². The first-order valence-electron chi connectivity index (χ1n) is 9.20. The molecule has 0 bridgehead atoms. The molecule has 30 heavy (non-hydrogen) atoms. The maximum Gasteiger partial charge on any atom is 0.251 e. The first-order valence-corrected chi connectivity index (χ1v) is 11.0. The van der Waals surface area contributed by atoms with Crippen LogP contribution in [0.4, 0.5) is 0 Å². The highest BCUT2D eigenvalue weighted by Gasteiger charge is 2.13. The van der Waals surface area contributed by atoms with E-state index < -0.39 is 0 Å². The Morgan fingerprint density at radius 1 is 1.07 bits per heavy atom. The molecule has 0 aliphatic heterocycles. The van der Waals surface area contributed by atoms with Crippen molar-refractivity contribution in [2.24, 2.45) is 7.05 Å². The number of rotatable bonds is 9. The summed E-state index contributed by atoms with van der Waals surface area (Å²) in [4.78, 5) is 24.5. The van der Waals surface area contributed by atoms with Gasteiger partial charge in [0.25, 0.3) is 5.91 Å². The van der Waals surface area contributed by atoms with Crippen LogP contribution >= 0.6 is 27.7 Å². The molecule has 1 amide bonds. The van der Waals surface area contributed by atoms with Crippen LogP contribution in [0, 0.1) is 0 Å². The lowest BCUT2D eigenvalue weighted by atomic mass is 10.1. The van der Waals surface area contributed by atoms with Crippen molar-refractivity contribution in [1.29, 1.82) is 0 Å². The Balaban J connectivity index is 1.49. The van der Waals surface area contributed by atoms with E-state index in [-0.39, 0.29) is 17.4 Å². The Labute approximate surface area is 187 Å². The summed E-state index contributed by atoms with van der Waals surface area (Å²) in [6.45, 7) is 0.441. The second kappa shape index (κ2) is 10.4. The summed E-state index contributed by atoms with van der Waals surface area (Å²) >= 11 is 4.69. The molecule has 1 aromatic heterocycles. The predicted octanol–water partition coefficient (Wildman–Crippen LogP) is 3.53. The number of methoxy groups -OCH3 is 1. The van der Waals surface area contributed by atoms with E-state index in [1.807, 2.05) is 23.7 Å². The number of ether oxygens (including phenoxy) is 1. The molecule has 1 heterocycles. The number of nitrogens with one attached hydrogen (secondary N) is 1. The topological polar surface area (TPSA) is 86.1 Å². The Hall–Kier alpha value is -2.65. The Morgan fingerprint density at radius 3 is 2.40 bits per heavy atom. The number of aromatic nitrogens is 3. The van der Waals surface area contributed by atoms with Gasteiger partial charge < -0.3 is 14.6 Å². The lowest BCUT2D eigenvalue weighted by Gasteiger charge is -2.06. The molecule has 0 spiro atoms. The van der Waals surface area contributed by atoms with E-state index in [0.29, 0.717) is 35.0 Å². The zero-order valence-corrected chi connectivity index (χ0v) is 19.0. The number of ketones is 1. The van der Waals surface area contributed by atoms with Gasteiger partial charge in [-0.15, -0.1) is 10.2 Å². The van der Waals surface area contributed by atoms with Crippen molar-refractivity contribution in [3.8, 4) is 5.75 Å². The smallest absolute Gasteiger partial charge is 0.251 e. The van der Waals surface area contributed by atoms with Crippen molar-refractivity contribution in [2.75, 3.05) is 19.4 Å². The molecule has 0 saturated heterocycles. The lowest BCUT2D eigenvalue weighted by Crippen LogP contribution is -2.26. The quantitative estimate of drug-likeness (QED) is 0.366. The molecule has 9 heteroatoms. The van der Waals surface area contributed by atoms with Crippen LogP contribution in [0.25, 0.3) is 0 Å². The molecule has 0 radical (unpaired) electrons. The summed E-state index contributed by atoms with van der Waals surface area (Å²) < 4.78 is 7.88. The predicted molar refractivity (Wildman–Crippen MR) is 119 cm³/mol. The average Bonchev–Trinajstić information content (AvgIpc) is 3.12. The van der Waals surface area contributed by atoms with Gasteiger partial charge in [0.05, 0.1) is 12.9 Å². The van der Waals surface area contributed by atoms with E-state index in [0.717, 1.165) is 10.3 Å². The first-order chi connectivity index (χ1) is 14.5. The number of hydrogen-bond donors (Lipinski definition) is 1. The summed E-state index contributed by atoms with van der Waals surface area (Å²) in [6, 6.07) is 14.2. The van der Waals surface area contributed by atoms with Gasteiger partial charge in [-0.25, -0.2) is 0 Å². The number of benzene rings is 2. The molecule has 156 valence electrons. The standard InChI is InChI=1S/C21H21BrN4O3S/c1-26-19(11-12-23-20(28)15-3-7-16(22)8-4-15)24-25-21(26)30-13-18(27)14-5-9-17(29-2)10-6-14/h3-10H,11-13H2,1-2H3,(H,23,28). The molecule has 0 fully saturated rings. The number of halogens is 1. The summed E-state index contributed by atoms with van der Waals surface area (Å²) in [5.41, 5.74) is 1.23. The second-order valence-corrected chi connectivity index (χ2v) is 8.27. The summed E-state index contributed by atoms with van der Waals surface area (Å²) in [5.74, 6) is 1.59. The lowest BCUT2D eigenvalue weighted by molar-refractivity contribution is 0.0953. The summed E-state index contributed by atoms with van der Waals surface area (Å²) in [6.07, 6.45) is 0.540. The van der Waals surface area contributed by atoms with Gasteiger partial charge in [-0.2, -0.15) is 0 Å². The van der Waals surface area contributed by atoms with Crippen LogP contribution in [0.1, 0.15) is 26.5 Å². The van der Waals surface area contributed by atoms with E-state index in [1.54, 1.807) is 43.5 Å². The van der Waals surface area contributed by atoms with Gasteiger partial charge in [-0.05, 0) is 48.5 Å². The largest absolute Gasteiger partial charge is 0.497 e. The minimum atomic E-state index is -0.135. The van der Waals surface area contributed by atoms with Crippen LogP contribution < -0.4 is 10.1 Å².